The van der Waals surface area contributed by atoms with E-state index in [2.05, 4.69) is 10.3 Å². The second-order valence-corrected chi connectivity index (χ2v) is 5.63. The summed E-state index contributed by atoms with van der Waals surface area (Å²) in [5, 5.41) is 5.09. The highest BCUT2D eigenvalue weighted by molar-refractivity contribution is 7.09. The third-order valence-electron chi connectivity index (χ3n) is 2.48. The van der Waals surface area contributed by atoms with Gasteiger partial charge < -0.3 is 15.8 Å². The highest BCUT2D eigenvalue weighted by atomic mass is 32.1. The van der Waals surface area contributed by atoms with E-state index >= 15 is 0 Å². The fourth-order valence-corrected chi connectivity index (χ4v) is 2.27. The number of nitrogens with two attached hydrogens (primary N) is 1. The summed E-state index contributed by atoms with van der Waals surface area (Å²) < 4.78 is 5.58. The highest BCUT2D eigenvalue weighted by Crippen LogP contribution is 2.16. The van der Waals surface area contributed by atoms with Crippen molar-refractivity contribution in [3.63, 3.8) is 0 Å². The monoisotopic (exact) mass is 289 g/mol. The van der Waals surface area contributed by atoms with Gasteiger partial charge in [0.2, 0.25) is 0 Å². The highest BCUT2D eigenvalue weighted by Gasteiger charge is 1.99. The Kier molecular flexibility index (Phi) is 5.01. The molecule has 0 spiro atoms. The predicted octanol–water partition coefficient (Wildman–Crippen LogP) is 3.46. The first-order valence-corrected chi connectivity index (χ1v) is 7.37. The van der Waals surface area contributed by atoms with Crippen LogP contribution in [0.3, 0.4) is 0 Å². The molecule has 0 atom stereocenters. The molecule has 0 fully saturated rings. The Morgan fingerprint density at radius 3 is 2.65 bits per heavy atom. The molecule has 20 heavy (non-hydrogen) atoms. The summed E-state index contributed by atoms with van der Waals surface area (Å²) in [7, 11) is 0. The molecule has 5 heteroatoms. The molecule has 2 rings (SSSR count). The molecular weight excluding hydrogens is 270 g/mol. The number of hydrogen-bond acceptors (Lipinski definition) is 3. The Hall–Kier alpha value is -2.01. The summed E-state index contributed by atoms with van der Waals surface area (Å²) >= 11 is 1.67. The van der Waals surface area contributed by atoms with Gasteiger partial charge in [-0.1, -0.05) is 6.07 Å². The summed E-state index contributed by atoms with van der Waals surface area (Å²) in [5.74, 6) is 1.26. The van der Waals surface area contributed by atoms with Gasteiger partial charge in [0.05, 0.1) is 12.6 Å². The van der Waals surface area contributed by atoms with E-state index in [1.54, 1.807) is 11.3 Å². The van der Waals surface area contributed by atoms with Crippen LogP contribution in [-0.4, -0.2) is 12.1 Å². The molecule has 2 aromatic rings. The quantitative estimate of drug-likeness (QED) is 0.654. The summed E-state index contributed by atoms with van der Waals surface area (Å²) in [6, 6.07) is 11.7. The van der Waals surface area contributed by atoms with E-state index in [9.17, 15) is 0 Å². The number of guanidine groups is 1. The minimum absolute atomic E-state index is 0.172. The van der Waals surface area contributed by atoms with Crippen LogP contribution in [-0.2, 0) is 6.54 Å². The molecule has 0 saturated carbocycles. The number of ether oxygens (including phenoxy) is 1. The molecule has 0 aliphatic carbocycles. The number of rotatable bonds is 5. The van der Waals surface area contributed by atoms with E-state index in [1.807, 2.05) is 55.6 Å². The van der Waals surface area contributed by atoms with E-state index in [-0.39, 0.29) is 6.10 Å². The first-order chi connectivity index (χ1) is 9.63. The fraction of sp³-hybridized carbons (Fsp3) is 0.267. The number of anilines is 1. The average molecular weight is 289 g/mol. The number of benzene rings is 1. The third kappa shape index (κ3) is 4.59. The molecule has 0 amide bonds. The van der Waals surface area contributed by atoms with Crippen LogP contribution >= 0.6 is 11.3 Å². The summed E-state index contributed by atoms with van der Waals surface area (Å²) in [6.07, 6.45) is 0.172. The van der Waals surface area contributed by atoms with Crippen molar-refractivity contribution in [2.75, 3.05) is 5.32 Å². The van der Waals surface area contributed by atoms with Crippen LogP contribution in [0.25, 0.3) is 0 Å². The molecule has 1 heterocycles. The Bertz CT molecular complexity index is 547. The van der Waals surface area contributed by atoms with E-state index in [1.165, 1.54) is 4.88 Å². The average Bonchev–Trinajstić information content (AvgIpc) is 2.91. The summed E-state index contributed by atoms with van der Waals surface area (Å²) in [4.78, 5) is 5.49. The number of nitrogens with zero attached hydrogens (tertiary/aromatic N) is 1. The van der Waals surface area contributed by atoms with Gasteiger partial charge in [0.1, 0.15) is 5.75 Å². The van der Waals surface area contributed by atoms with Gasteiger partial charge in [-0.05, 0) is 49.6 Å². The van der Waals surface area contributed by atoms with Gasteiger partial charge in [-0.3, -0.25) is 0 Å². The van der Waals surface area contributed by atoms with Crippen LogP contribution in [0.5, 0.6) is 5.75 Å². The normalized spacial score (nSPS) is 11.7. The van der Waals surface area contributed by atoms with Gasteiger partial charge in [0, 0.05) is 10.6 Å². The minimum atomic E-state index is 0.172. The van der Waals surface area contributed by atoms with E-state index in [0.29, 0.717) is 12.5 Å². The molecule has 1 aromatic carbocycles. The van der Waals surface area contributed by atoms with Crippen molar-refractivity contribution in [2.45, 2.75) is 26.5 Å². The summed E-state index contributed by atoms with van der Waals surface area (Å²) in [5.41, 5.74) is 6.75. The van der Waals surface area contributed by atoms with Crippen molar-refractivity contribution >= 4 is 23.0 Å². The Morgan fingerprint density at radius 2 is 2.05 bits per heavy atom. The molecule has 1 aromatic heterocycles. The first kappa shape index (κ1) is 14.4. The van der Waals surface area contributed by atoms with Crippen molar-refractivity contribution in [1.82, 2.24) is 0 Å². The number of thiophene rings is 1. The zero-order valence-electron chi connectivity index (χ0n) is 11.7. The number of aliphatic imine (C=N–C) groups is 1. The molecule has 0 radical (unpaired) electrons. The van der Waals surface area contributed by atoms with Gasteiger partial charge >= 0.3 is 0 Å². The topological polar surface area (TPSA) is 59.6 Å². The largest absolute Gasteiger partial charge is 0.491 e. The van der Waals surface area contributed by atoms with Crippen LogP contribution in [0.2, 0.25) is 0 Å². The van der Waals surface area contributed by atoms with Crippen LogP contribution in [0, 0.1) is 0 Å². The molecule has 0 unspecified atom stereocenters. The Morgan fingerprint density at radius 1 is 1.30 bits per heavy atom. The zero-order chi connectivity index (χ0) is 14.4. The smallest absolute Gasteiger partial charge is 0.193 e. The standard InChI is InChI=1S/C15H19N3OS/c1-11(2)19-13-7-5-12(6-8-13)18-15(16)17-10-14-4-3-9-20-14/h3-9,11H,10H2,1-2H3,(H3,16,17,18). The lowest BCUT2D eigenvalue weighted by Gasteiger charge is -2.10. The molecule has 4 nitrogen and oxygen atoms in total. The van der Waals surface area contributed by atoms with Crippen LogP contribution in [0.4, 0.5) is 5.69 Å². The summed E-state index contributed by atoms with van der Waals surface area (Å²) in [6.45, 7) is 4.60. The molecule has 0 aliphatic rings. The molecule has 0 bridgehead atoms. The molecule has 3 N–H and O–H groups in total. The predicted molar refractivity (Wildman–Crippen MR) is 85.5 cm³/mol. The van der Waals surface area contributed by atoms with Gasteiger partial charge in [-0.15, -0.1) is 11.3 Å². The number of hydrogen-bond donors (Lipinski definition) is 2. The second-order valence-electron chi connectivity index (χ2n) is 4.60. The van der Waals surface area contributed by atoms with Crippen LogP contribution in [0.1, 0.15) is 18.7 Å². The lowest BCUT2D eigenvalue weighted by atomic mass is 10.3. The van der Waals surface area contributed by atoms with Crippen LogP contribution < -0.4 is 15.8 Å². The maximum atomic E-state index is 5.85. The maximum Gasteiger partial charge on any atom is 0.193 e. The van der Waals surface area contributed by atoms with E-state index < -0.39 is 0 Å². The van der Waals surface area contributed by atoms with E-state index in [0.717, 1.165) is 11.4 Å². The molecule has 0 saturated heterocycles. The zero-order valence-corrected chi connectivity index (χ0v) is 12.5. The van der Waals surface area contributed by atoms with Crippen molar-refractivity contribution in [1.29, 1.82) is 0 Å². The third-order valence-corrected chi connectivity index (χ3v) is 3.34. The lowest BCUT2D eigenvalue weighted by Crippen LogP contribution is -2.22. The Balaban J connectivity index is 1.90. The van der Waals surface area contributed by atoms with Gasteiger partial charge in [0.25, 0.3) is 0 Å². The van der Waals surface area contributed by atoms with Crippen LogP contribution in [0.15, 0.2) is 46.8 Å². The molecule has 0 aliphatic heterocycles. The first-order valence-electron chi connectivity index (χ1n) is 6.49. The van der Waals surface area contributed by atoms with Gasteiger partial charge in [-0.25, -0.2) is 4.99 Å². The second kappa shape index (κ2) is 6.96. The maximum absolute atomic E-state index is 5.85. The van der Waals surface area contributed by atoms with E-state index in [4.69, 9.17) is 10.5 Å². The molecule has 106 valence electrons. The lowest BCUT2D eigenvalue weighted by molar-refractivity contribution is 0.242. The fourth-order valence-electron chi connectivity index (χ4n) is 1.64. The van der Waals surface area contributed by atoms with Gasteiger partial charge in [0.15, 0.2) is 5.96 Å². The van der Waals surface area contributed by atoms with Crippen molar-refractivity contribution in [2.24, 2.45) is 10.7 Å². The minimum Gasteiger partial charge on any atom is -0.491 e. The SMILES string of the molecule is CC(C)Oc1ccc(NC(N)=NCc2cccs2)cc1. The number of nitrogens with one attached hydrogen (secondary N) is 1. The molecular formula is C15H19N3OS. The van der Waals surface area contributed by atoms with Crippen molar-refractivity contribution < 1.29 is 4.74 Å². The Labute approximate surface area is 123 Å². The van der Waals surface area contributed by atoms with Gasteiger partial charge in [-0.2, -0.15) is 0 Å². The van der Waals surface area contributed by atoms with Crippen molar-refractivity contribution in [3.8, 4) is 5.75 Å². The van der Waals surface area contributed by atoms with Crippen molar-refractivity contribution in [3.05, 3.63) is 46.7 Å².